The van der Waals surface area contributed by atoms with Gasteiger partial charge in [-0.05, 0) is 96.6 Å². The summed E-state index contributed by atoms with van der Waals surface area (Å²) < 4.78 is 15.3. The second-order valence-electron chi connectivity index (χ2n) is 15.1. The van der Waals surface area contributed by atoms with Crippen LogP contribution in [-0.4, -0.2) is 63.7 Å². The summed E-state index contributed by atoms with van der Waals surface area (Å²) in [4.78, 5) is 29.7. The number of nitrogens with one attached hydrogen (secondary N) is 1. The first-order valence-corrected chi connectivity index (χ1v) is 16.0. The van der Waals surface area contributed by atoms with Gasteiger partial charge in [0.15, 0.2) is 0 Å². The predicted molar refractivity (Wildman–Crippen MR) is 162 cm³/mol. The Labute approximate surface area is 247 Å². The molecule has 2 heterocycles. The number of alkyl halides is 1. The second-order valence-corrected chi connectivity index (χ2v) is 15.9. The summed E-state index contributed by atoms with van der Waals surface area (Å²) >= 11 is 6.44. The number of hydrogen-bond acceptors (Lipinski definition) is 3. The van der Waals surface area contributed by atoms with E-state index in [1.807, 2.05) is 13.0 Å². The molecule has 3 fully saturated rings. The maximum absolute atomic E-state index is 15.3. The van der Waals surface area contributed by atoms with E-state index in [0.29, 0.717) is 42.8 Å². The normalized spacial score (nSPS) is 30.3. The summed E-state index contributed by atoms with van der Waals surface area (Å²) in [5, 5.41) is 3.18. The van der Waals surface area contributed by atoms with Crippen LogP contribution >= 0.6 is 11.6 Å². The third kappa shape index (κ3) is 7.51. The Morgan fingerprint density at radius 3 is 2.23 bits per heavy atom. The summed E-state index contributed by atoms with van der Waals surface area (Å²) in [7, 11) is 0. The molecule has 4 atom stereocenters. The molecule has 0 radical (unpaired) electrons. The molecule has 5 nitrogen and oxygen atoms in total. The van der Waals surface area contributed by atoms with Gasteiger partial charge in [-0.15, -0.1) is 11.6 Å². The van der Waals surface area contributed by atoms with Crippen molar-refractivity contribution in [2.45, 2.75) is 116 Å². The van der Waals surface area contributed by atoms with Gasteiger partial charge >= 0.3 is 0 Å². The molecule has 0 aromatic carbocycles. The summed E-state index contributed by atoms with van der Waals surface area (Å²) in [6.45, 7) is 17.1. The van der Waals surface area contributed by atoms with Crippen molar-refractivity contribution in [2.75, 3.05) is 26.2 Å². The number of carbonyl (C=O) groups excluding carboxylic acids is 2. The van der Waals surface area contributed by atoms with Gasteiger partial charge in [-0.25, -0.2) is 4.39 Å². The molecule has 0 aromatic heterocycles. The molecule has 1 saturated carbocycles. The average Bonchev–Trinajstić information content (AvgIpc) is 3.51. The van der Waals surface area contributed by atoms with Crippen LogP contribution in [0.5, 0.6) is 0 Å². The van der Waals surface area contributed by atoms with E-state index in [-0.39, 0.29) is 40.6 Å². The van der Waals surface area contributed by atoms with Crippen molar-refractivity contribution in [3.05, 3.63) is 23.6 Å². The van der Waals surface area contributed by atoms with E-state index >= 15 is 4.39 Å². The van der Waals surface area contributed by atoms with Crippen molar-refractivity contribution in [1.29, 1.82) is 0 Å². The molecule has 0 spiro atoms. The van der Waals surface area contributed by atoms with Gasteiger partial charge in [0.25, 0.3) is 0 Å². The Kier molecular flexibility index (Phi) is 9.51. The number of carbonyl (C=O) groups is 2. The van der Waals surface area contributed by atoms with Gasteiger partial charge in [0.1, 0.15) is 5.83 Å². The van der Waals surface area contributed by atoms with E-state index < -0.39 is 4.87 Å². The van der Waals surface area contributed by atoms with Crippen LogP contribution in [-0.2, 0) is 9.59 Å². The molecule has 0 aromatic rings. The first-order valence-electron chi connectivity index (χ1n) is 15.7. The molecule has 2 amide bonds. The van der Waals surface area contributed by atoms with E-state index in [1.54, 1.807) is 6.92 Å². The highest BCUT2D eigenvalue weighted by Gasteiger charge is 2.47. The first-order chi connectivity index (χ1) is 18.6. The summed E-state index contributed by atoms with van der Waals surface area (Å²) in [5.41, 5.74) is 0.343. The topological polar surface area (TPSA) is 52.7 Å². The minimum absolute atomic E-state index is 0.0287. The molecule has 7 heteroatoms. The summed E-state index contributed by atoms with van der Waals surface area (Å²) in [6.07, 6.45) is 12.2. The van der Waals surface area contributed by atoms with Crippen LogP contribution in [0.15, 0.2) is 23.6 Å². The van der Waals surface area contributed by atoms with Gasteiger partial charge < -0.3 is 10.2 Å². The number of allylic oxidation sites excluding steroid dienone is 3. The lowest BCUT2D eigenvalue weighted by Gasteiger charge is -2.42. The molecule has 2 saturated heterocycles. The quantitative estimate of drug-likeness (QED) is 0.336. The SMILES string of the molecule is CC(=O)NC(C)(C)CC(C1CCCC1)C1CCN(C(=O)[C@@H]2CN(C(C)(C)C)C[C@H]2C2=CCC(C)(Cl)C=C2F)CC1. The number of nitrogens with zero attached hydrogens (tertiary/aromatic N) is 2. The highest BCUT2D eigenvalue weighted by molar-refractivity contribution is 6.25. The highest BCUT2D eigenvalue weighted by atomic mass is 35.5. The van der Waals surface area contributed by atoms with E-state index in [9.17, 15) is 9.59 Å². The Bertz CT molecular complexity index is 1000. The molecule has 4 aliphatic rings. The Balaban J connectivity index is 1.47. The first kappa shape index (κ1) is 31.5. The number of rotatable bonds is 7. The van der Waals surface area contributed by atoms with E-state index in [0.717, 1.165) is 32.4 Å². The van der Waals surface area contributed by atoms with Crippen LogP contribution in [0, 0.1) is 29.6 Å². The summed E-state index contributed by atoms with van der Waals surface area (Å²) in [6, 6.07) is 0. The highest BCUT2D eigenvalue weighted by Crippen LogP contribution is 2.45. The molecule has 226 valence electrons. The third-order valence-corrected chi connectivity index (χ3v) is 10.4. The number of likely N-dealkylation sites (tertiary alicyclic amines) is 2. The average molecular weight is 578 g/mol. The molecule has 4 rings (SSSR count). The Morgan fingerprint density at radius 2 is 1.68 bits per heavy atom. The Hall–Kier alpha value is -1.40. The van der Waals surface area contributed by atoms with Crippen molar-refractivity contribution in [3.8, 4) is 0 Å². The van der Waals surface area contributed by atoms with Gasteiger partial charge in [-0.3, -0.25) is 14.5 Å². The fourth-order valence-electron chi connectivity index (χ4n) is 8.06. The standard InChI is InChI=1S/C33H53ClFN3O2/c1-22(39)36-32(5,6)18-26(23-10-8-9-11-23)24-13-16-37(17-14-24)30(40)28-21-38(31(2,3)4)20-27(28)25-12-15-33(7,34)19-29(25)35/h12,19,23-24,26-28H,8-11,13-18,20-21H2,1-7H3,(H,36,39)/t26?,27-,28+,33?/m0/s1. The predicted octanol–water partition coefficient (Wildman–Crippen LogP) is 6.86. The summed E-state index contributed by atoms with van der Waals surface area (Å²) in [5.74, 6) is 1.38. The monoisotopic (exact) mass is 577 g/mol. The smallest absolute Gasteiger partial charge is 0.227 e. The zero-order valence-corrected chi connectivity index (χ0v) is 26.7. The minimum Gasteiger partial charge on any atom is -0.351 e. The van der Waals surface area contributed by atoms with Crippen LogP contribution in [0.4, 0.5) is 4.39 Å². The van der Waals surface area contributed by atoms with Crippen LogP contribution in [0.25, 0.3) is 0 Å². The molecule has 2 aliphatic heterocycles. The minimum atomic E-state index is -0.707. The van der Waals surface area contributed by atoms with Crippen LogP contribution < -0.4 is 5.32 Å². The molecular formula is C33H53ClFN3O2. The maximum atomic E-state index is 15.3. The fourth-order valence-corrected chi connectivity index (χ4v) is 8.23. The fraction of sp³-hybridized carbons (Fsp3) is 0.818. The van der Waals surface area contributed by atoms with Gasteiger partial charge in [0, 0.05) is 50.1 Å². The van der Waals surface area contributed by atoms with E-state index in [1.165, 1.54) is 31.8 Å². The molecule has 2 unspecified atom stereocenters. The third-order valence-electron chi connectivity index (χ3n) is 10.1. The molecular weight excluding hydrogens is 525 g/mol. The Morgan fingerprint density at radius 1 is 1.07 bits per heavy atom. The van der Waals surface area contributed by atoms with Crippen LogP contribution in [0.3, 0.4) is 0 Å². The van der Waals surface area contributed by atoms with Crippen molar-refractivity contribution in [1.82, 2.24) is 15.1 Å². The number of piperidine rings is 1. The van der Waals surface area contributed by atoms with Gasteiger partial charge in [0.05, 0.1) is 10.8 Å². The molecule has 1 N–H and O–H groups in total. The van der Waals surface area contributed by atoms with Crippen molar-refractivity contribution >= 4 is 23.4 Å². The largest absolute Gasteiger partial charge is 0.351 e. The number of hydrogen-bond donors (Lipinski definition) is 1. The van der Waals surface area contributed by atoms with Crippen LogP contribution in [0.2, 0.25) is 0 Å². The lowest BCUT2D eigenvalue weighted by atomic mass is 9.70. The molecule has 0 bridgehead atoms. The zero-order chi connectivity index (χ0) is 29.5. The van der Waals surface area contributed by atoms with Gasteiger partial charge in [-0.2, -0.15) is 0 Å². The number of amides is 2. The van der Waals surface area contributed by atoms with E-state index in [4.69, 9.17) is 11.6 Å². The lowest BCUT2D eigenvalue weighted by Crippen LogP contribution is -2.48. The molecule has 2 aliphatic carbocycles. The lowest BCUT2D eigenvalue weighted by molar-refractivity contribution is -0.138. The van der Waals surface area contributed by atoms with Crippen LogP contribution in [0.1, 0.15) is 99.8 Å². The van der Waals surface area contributed by atoms with Crippen molar-refractivity contribution in [2.24, 2.45) is 29.6 Å². The zero-order valence-electron chi connectivity index (χ0n) is 26.0. The van der Waals surface area contributed by atoms with Crippen molar-refractivity contribution in [3.63, 3.8) is 0 Å². The maximum Gasteiger partial charge on any atom is 0.227 e. The van der Waals surface area contributed by atoms with Gasteiger partial charge in [-0.1, -0.05) is 31.8 Å². The van der Waals surface area contributed by atoms with Gasteiger partial charge in [0.2, 0.25) is 11.8 Å². The van der Waals surface area contributed by atoms with E-state index in [2.05, 4.69) is 49.7 Å². The number of halogens is 2. The second kappa shape index (κ2) is 12.1. The van der Waals surface area contributed by atoms with Crippen molar-refractivity contribution < 1.29 is 14.0 Å². The molecule has 40 heavy (non-hydrogen) atoms.